The summed E-state index contributed by atoms with van der Waals surface area (Å²) in [5.41, 5.74) is 0.853. The van der Waals surface area contributed by atoms with Gasteiger partial charge < -0.3 is 14.7 Å². The molecule has 2 heterocycles. The molecule has 1 aromatic carbocycles. The largest absolute Gasteiger partial charge is 0.342 e. The molecule has 2 aliphatic rings. The number of rotatable bonds is 9. The molecule has 1 unspecified atom stereocenters. The van der Waals surface area contributed by atoms with E-state index in [0.29, 0.717) is 19.6 Å². The smallest absolute Gasteiger partial charge is 0.228 e. The summed E-state index contributed by atoms with van der Waals surface area (Å²) >= 11 is 0. The highest BCUT2D eigenvalue weighted by Gasteiger charge is 2.39. The molecule has 0 aromatic heterocycles. The van der Waals surface area contributed by atoms with E-state index in [-0.39, 0.29) is 36.0 Å². The first-order valence-corrected chi connectivity index (χ1v) is 12.0. The van der Waals surface area contributed by atoms with Crippen molar-refractivity contribution in [2.45, 2.75) is 58.8 Å². The second kappa shape index (κ2) is 11.3. The number of nitrogens with zero attached hydrogens (tertiary/aromatic N) is 3. The van der Waals surface area contributed by atoms with E-state index in [0.717, 1.165) is 57.3 Å². The Morgan fingerprint density at radius 1 is 0.968 bits per heavy atom. The molecule has 0 saturated carbocycles. The van der Waals surface area contributed by atoms with Crippen molar-refractivity contribution in [2.24, 2.45) is 11.8 Å². The van der Waals surface area contributed by atoms with Crippen LogP contribution in [0.1, 0.15) is 58.8 Å². The molecule has 0 spiro atoms. The minimum absolute atomic E-state index is 0.0112. The van der Waals surface area contributed by atoms with Crippen LogP contribution in [-0.2, 0) is 14.4 Å². The molecular weight excluding hydrogens is 390 g/mol. The standard InChI is InChI=1S/C25H37N3O3/c1-3-5-14-26(15-6-4-2)24(30)20-12-16-27(17-13-20)25(31)21-18-23(29)28(19-21)22-10-8-7-9-11-22/h7-11,20-21H,3-6,12-19H2,1-2H3. The van der Waals surface area contributed by atoms with Gasteiger partial charge in [0.1, 0.15) is 0 Å². The van der Waals surface area contributed by atoms with Crippen LogP contribution in [0.5, 0.6) is 0 Å². The molecule has 0 N–H and O–H groups in total. The molecule has 6 nitrogen and oxygen atoms in total. The number of para-hydroxylation sites is 1. The lowest BCUT2D eigenvalue weighted by molar-refractivity contribution is -0.142. The Morgan fingerprint density at radius 2 is 1.58 bits per heavy atom. The number of amides is 3. The first kappa shape index (κ1) is 23.3. The third-order valence-electron chi connectivity index (χ3n) is 6.57. The van der Waals surface area contributed by atoms with E-state index < -0.39 is 0 Å². The molecule has 3 rings (SSSR count). The predicted octanol–water partition coefficient (Wildman–Crippen LogP) is 3.71. The summed E-state index contributed by atoms with van der Waals surface area (Å²) in [6.07, 6.45) is 5.98. The van der Waals surface area contributed by atoms with Gasteiger partial charge in [-0.25, -0.2) is 0 Å². The number of carbonyl (C=O) groups excluding carboxylic acids is 3. The molecule has 170 valence electrons. The van der Waals surface area contributed by atoms with E-state index in [4.69, 9.17) is 0 Å². The summed E-state index contributed by atoms with van der Waals surface area (Å²) in [5.74, 6) is 0.0678. The Kier molecular flexibility index (Phi) is 8.50. The number of hydrogen-bond donors (Lipinski definition) is 0. The first-order chi connectivity index (χ1) is 15.0. The van der Waals surface area contributed by atoms with E-state index in [1.165, 1.54) is 0 Å². The number of anilines is 1. The summed E-state index contributed by atoms with van der Waals surface area (Å²) in [6, 6.07) is 9.55. The van der Waals surface area contributed by atoms with E-state index in [2.05, 4.69) is 13.8 Å². The number of unbranched alkanes of at least 4 members (excludes halogenated alkanes) is 2. The minimum atomic E-state index is -0.287. The molecule has 0 bridgehead atoms. The topological polar surface area (TPSA) is 60.9 Å². The van der Waals surface area contributed by atoms with Crippen molar-refractivity contribution in [3.8, 4) is 0 Å². The van der Waals surface area contributed by atoms with Gasteiger partial charge in [-0.15, -0.1) is 0 Å². The Morgan fingerprint density at radius 3 is 2.16 bits per heavy atom. The van der Waals surface area contributed by atoms with Gasteiger partial charge in [0.15, 0.2) is 0 Å². The third kappa shape index (κ3) is 5.86. The van der Waals surface area contributed by atoms with Crippen molar-refractivity contribution in [1.29, 1.82) is 0 Å². The maximum Gasteiger partial charge on any atom is 0.228 e. The first-order valence-electron chi connectivity index (χ1n) is 12.0. The normalized spacial score (nSPS) is 19.7. The highest BCUT2D eigenvalue weighted by Crippen LogP contribution is 2.28. The van der Waals surface area contributed by atoms with Crippen molar-refractivity contribution in [2.75, 3.05) is 37.6 Å². The molecule has 2 aliphatic heterocycles. The lowest BCUT2D eigenvalue weighted by atomic mass is 9.93. The number of likely N-dealkylation sites (tertiary alicyclic amines) is 1. The van der Waals surface area contributed by atoms with Crippen LogP contribution in [0.4, 0.5) is 5.69 Å². The second-order valence-corrected chi connectivity index (χ2v) is 8.87. The van der Waals surface area contributed by atoms with Crippen LogP contribution in [0.25, 0.3) is 0 Å². The fourth-order valence-corrected chi connectivity index (χ4v) is 4.62. The van der Waals surface area contributed by atoms with Crippen LogP contribution in [-0.4, -0.2) is 60.2 Å². The zero-order valence-corrected chi connectivity index (χ0v) is 19.1. The van der Waals surface area contributed by atoms with Gasteiger partial charge in [0.2, 0.25) is 17.7 Å². The van der Waals surface area contributed by atoms with Crippen molar-refractivity contribution >= 4 is 23.4 Å². The van der Waals surface area contributed by atoms with Crippen molar-refractivity contribution in [3.63, 3.8) is 0 Å². The SMILES string of the molecule is CCCCN(CCCC)C(=O)C1CCN(C(=O)C2CC(=O)N(c3ccccc3)C2)CC1. The van der Waals surface area contributed by atoms with Crippen LogP contribution in [0.15, 0.2) is 30.3 Å². The summed E-state index contributed by atoms with van der Waals surface area (Å²) in [7, 11) is 0. The number of carbonyl (C=O) groups is 3. The van der Waals surface area contributed by atoms with Crippen LogP contribution in [0.3, 0.4) is 0 Å². The maximum absolute atomic E-state index is 13.1. The number of piperidine rings is 1. The zero-order valence-electron chi connectivity index (χ0n) is 19.1. The van der Waals surface area contributed by atoms with E-state index >= 15 is 0 Å². The maximum atomic E-state index is 13.1. The predicted molar refractivity (Wildman–Crippen MR) is 123 cm³/mol. The zero-order chi connectivity index (χ0) is 22.2. The van der Waals surface area contributed by atoms with Gasteiger partial charge >= 0.3 is 0 Å². The number of benzene rings is 1. The summed E-state index contributed by atoms with van der Waals surface area (Å²) < 4.78 is 0. The van der Waals surface area contributed by atoms with Crippen molar-refractivity contribution in [3.05, 3.63) is 30.3 Å². The summed E-state index contributed by atoms with van der Waals surface area (Å²) in [4.78, 5) is 44.2. The van der Waals surface area contributed by atoms with Gasteiger partial charge in [0.05, 0.1) is 5.92 Å². The highest BCUT2D eigenvalue weighted by atomic mass is 16.2. The Labute approximate surface area is 186 Å². The fourth-order valence-electron chi connectivity index (χ4n) is 4.62. The van der Waals surface area contributed by atoms with Gasteiger partial charge in [-0.1, -0.05) is 44.9 Å². The Bertz CT molecular complexity index is 736. The van der Waals surface area contributed by atoms with Gasteiger partial charge in [-0.3, -0.25) is 14.4 Å². The monoisotopic (exact) mass is 427 g/mol. The fraction of sp³-hybridized carbons (Fsp3) is 0.640. The molecule has 1 aromatic rings. The molecule has 6 heteroatoms. The van der Waals surface area contributed by atoms with Gasteiger partial charge in [-0.2, -0.15) is 0 Å². The van der Waals surface area contributed by atoms with E-state index in [9.17, 15) is 14.4 Å². The van der Waals surface area contributed by atoms with Gasteiger partial charge in [0.25, 0.3) is 0 Å². The molecule has 31 heavy (non-hydrogen) atoms. The van der Waals surface area contributed by atoms with Crippen molar-refractivity contribution < 1.29 is 14.4 Å². The Hall–Kier alpha value is -2.37. The minimum Gasteiger partial charge on any atom is -0.342 e. The van der Waals surface area contributed by atoms with Crippen LogP contribution in [0.2, 0.25) is 0 Å². The summed E-state index contributed by atoms with van der Waals surface area (Å²) in [6.45, 7) is 7.66. The van der Waals surface area contributed by atoms with Crippen molar-refractivity contribution in [1.82, 2.24) is 9.80 Å². The molecule has 0 aliphatic carbocycles. The van der Waals surface area contributed by atoms with Gasteiger partial charge in [0, 0.05) is 50.7 Å². The lowest BCUT2D eigenvalue weighted by Gasteiger charge is -2.35. The molecule has 3 amide bonds. The highest BCUT2D eigenvalue weighted by molar-refractivity contribution is 6.00. The lowest BCUT2D eigenvalue weighted by Crippen LogP contribution is -2.46. The number of hydrogen-bond acceptors (Lipinski definition) is 3. The summed E-state index contributed by atoms with van der Waals surface area (Å²) in [5, 5.41) is 0. The third-order valence-corrected chi connectivity index (χ3v) is 6.57. The van der Waals surface area contributed by atoms with Gasteiger partial charge in [-0.05, 0) is 37.8 Å². The Balaban J connectivity index is 1.52. The molecular formula is C25H37N3O3. The second-order valence-electron chi connectivity index (χ2n) is 8.87. The van der Waals surface area contributed by atoms with Crippen LogP contribution >= 0.6 is 0 Å². The van der Waals surface area contributed by atoms with E-state index in [1.807, 2.05) is 40.1 Å². The average Bonchev–Trinajstić information content (AvgIpc) is 3.20. The molecule has 1 atom stereocenters. The van der Waals surface area contributed by atoms with Crippen LogP contribution < -0.4 is 4.90 Å². The van der Waals surface area contributed by atoms with E-state index in [1.54, 1.807) is 4.90 Å². The molecule has 2 fully saturated rings. The van der Waals surface area contributed by atoms with Crippen LogP contribution in [0, 0.1) is 11.8 Å². The molecule has 2 saturated heterocycles. The molecule has 0 radical (unpaired) electrons. The quantitative estimate of drug-likeness (QED) is 0.604. The average molecular weight is 428 g/mol.